The lowest BCUT2D eigenvalue weighted by Crippen LogP contribution is -2.39. The van der Waals surface area contributed by atoms with Crippen LogP contribution in [0.3, 0.4) is 0 Å². The van der Waals surface area contributed by atoms with Gasteiger partial charge < -0.3 is 20.1 Å². The van der Waals surface area contributed by atoms with Crippen LogP contribution >= 0.6 is 0 Å². The predicted molar refractivity (Wildman–Crippen MR) is 96.1 cm³/mol. The van der Waals surface area contributed by atoms with Crippen molar-refractivity contribution in [2.45, 2.75) is 33.7 Å². The first-order valence-electron chi connectivity index (χ1n) is 8.38. The van der Waals surface area contributed by atoms with E-state index in [1.165, 1.54) is 0 Å². The van der Waals surface area contributed by atoms with Crippen LogP contribution < -0.4 is 15.4 Å². The third kappa shape index (κ3) is 9.08. The van der Waals surface area contributed by atoms with Gasteiger partial charge in [-0.2, -0.15) is 0 Å². The van der Waals surface area contributed by atoms with Crippen LogP contribution in [0.5, 0.6) is 5.75 Å². The zero-order chi connectivity index (χ0) is 16.9. The molecule has 1 aromatic carbocycles. The molecule has 5 heteroatoms. The van der Waals surface area contributed by atoms with Crippen LogP contribution in [0.4, 0.5) is 0 Å². The molecular weight excluding hydrogens is 290 g/mol. The second-order valence-electron chi connectivity index (χ2n) is 5.76. The first-order valence-corrected chi connectivity index (χ1v) is 8.38. The van der Waals surface area contributed by atoms with Crippen molar-refractivity contribution in [1.82, 2.24) is 10.6 Å². The summed E-state index contributed by atoms with van der Waals surface area (Å²) in [4.78, 5) is 4.65. The van der Waals surface area contributed by atoms with Gasteiger partial charge in [0.05, 0.1) is 13.7 Å². The summed E-state index contributed by atoms with van der Waals surface area (Å²) in [5.41, 5.74) is 1.16. The first-order chi connectivity index (χ1) is 11.2. The fourth-order valence-corrected chi connectivity index (χ4v) is 1.90. The van der Waals surface area contributed by atoms with E-state index in [1.54, 1.807) is 7.11 Å². The van der Waals surface area contributed by atoms with Gasteiger partial charge >= 0.3 is 0 Å². The molecule has 0 heterocycles. The van der Waals surface area contributed by atoms with Crippen LogP contribution in [0, 0.1) is 5.92 Å². The van der Waals surface area contributed by atoms with E-state index in [0.717, 1.165) is 50.0 Å². The van der Waals surface area contributed by atoms with Crippen LogP contribution in [0.25, 0.3) is 0 Å². The molecule has 1 aromatic rings. The second-order valence-corrected chi connectivity index (χ2v) is 5.76. The molecule has 0 amide bonds. The molecule has 0 atom stereocenters. The number of hydrogen-bond acceptors (Lipinski definition) is 3. The molecule has 0 aromatic heterocycles. The van der Waals surface area contributed by atoms with E-state index in [2.05, 4.69) is 29.5 Å². The Morgan fingerprint density at radius 1 is 1.17 bits per heavy atom. The number of rotatable bonds is 10. The molecule has 1 rings (SSSR count). The van der Waals surface area contributed by atoms with Gasteiger partial charge in [0.15, 0.2) is 5.96 Å². The Morgan fingerprint density at radius 3 is 2.52 bits per heavy atom. The summed E-state index contributed by atoms with van der Waals surface area (Å²) in [6, 6.07) is 8.00. The van der Waals surface area contributed by atoms with Crippen LogP contribution in [0.1, 0.15) is 32.8 Å². The van der Waals surface area contributed by atoms with E-state index in [0.29, 0.717) is 12.5 Å². The maximum absolute atomic E-state index is 5.35. The minimum atomic E-state index is 0.575. The highest BCUT2D eigenvalue weighted by Gasteiger charge is 2.01. The zero-order valence-electron chi connectivity index (χ0n) is 14.9. The lowest BCUT2D eigenvalue weighted by molar-refractivity contribution is 0.145. The van der Waals surface area contributed by atoms with Crippen LogP contribution in [-0.4, -0.2) is 39.4 Å². The molecule has 23 heavy (non-hydrogen) atoms. The fraction of sp³-hybridized carbons (Fsp3) is 0.611. The summed E-state index contributed by atoms with van der Waals surface area (Å²) >= 11 is 0. The first kappa shape index (κ1) is 19.3. The molecule has 0 saturated carbocycles. The smallest absolute Gasteiger partial charge is 0.191 e. The summed E-state index contributed by atoms with van der Waals surface area (Å²) in [5, 5.41) is 6.74. The average Bonchev–Trinajstić information content (AvgIpc) is 2.56. The van der Waals surface area contributed by atoms with Gasteiger partial charge in [-0.15, -0.1) is 0 Å². The molecule has 0 saturated heterocycles. The quantitative estimate of drug-likeness (QED) is 0.395. The Balaban J connectivity index is 2.50. The molecule has 0 spiro atoms. The normalized spacial score (nSPS) is 11.6. The van der Waals surface area contributed by atoms with Gasteiger partial charge in [-0.1, -0.05) is 26.0 Å². The second kappa shape index (κ2) is 11.8. The summed E-state index contributed by atoms with van der Waals surface area (Å²) in [5.74, 6) is 2.29. The van der Waals surface area contributed by atoms with Gasteiger partial charge in [-0.3, -0.25) is 0 Å². The maximum atomic E-state index is 5.35. The van der Waals surface area contributed by atoms with Crippen molar-refractivity contribution in [2.24, 2.45) is 10.9 Å². The average molecular weight is 321 g/mol. The lowest BCUT2D eigenvalue weighted by Gasteiger charge is -2.14. The van der Waals surface area contributed by atoms with Crippen LogP contribution in [0.2, 0.25) is 0 Å². The zero-order valence-corrected chi connectivity index (χ0v) is 14.9. The molecule has 0 radical (unpaired) electrons. The van der Waals surface area contributed by atoms with E-state index in [-0.39, 0.29) is 0 Å². The molecule has 130 valence electrons. The standard InChI is InChI=1S/C18H31N3O2/c1-5-23-12-6-11-19-18(20-13-15(2)3)21-14-16-7-9-17(22-4)10-8-16/h7-10,15H,5-6,11-14H2,1-4H3,(H2,19,20,21). The van der Waals surface area contributed by atoms with Crippen molar-refractivity contribution in [3.05, 3.63) is 29.8 Å². The summed E-state index contributed by atoms with van der Waals surface area (Å²) in [6.45, 7) is 10.3. The molecule has 0 fully saturated rings. The van der Waals surface area contributed by atoms with E-state index in [4.69, 9.17) is 9.47 Å². The van der Waals surface area contributed by atoms with E-state index >= 15 is 0 Å². The Hall–Kier alpha value is -1.75. The third-order valence-corrected chi connectivity index (χ3v) is 3.22. The van der Waals surface area contributed by atoms with Gasteiger partial charge in [0.25, 0.3) is 0 Å². The maximum Gasteiger partial charge on any atom is 0.191 e. The minimum absolute atomic E-state index is 0.575. The number of benzene rings is 1. The van der Waals surface area contributed by atoms with Gasteiger partial charge in [0.2, 0.25) is 0 Å². The largest absolute Gasteiger partial charge is 0.497 e. The molecule has 0 aliphatic carbocycles. The van der Waals surface area contributed by atoms with Gasteiger partial charge in [-0.25, -0.2) is 4.99 Å². The van der Waals surface area contributed by atoms with Crippen molar-refractivity contribution in [2.75, 3.05) is 33.4 Å². The highest BCUT2D eigenvalue weighted by Crippen LogP contribution is 2.11. The highest BCUT2D eigenvalue weighted by molar-refractivity contribution is 5.79. The van der Waals surface area contributed by atoms with Crippen LogP contribution in [0.15, 0.2) is 29.3 Å². The van der Waals surface area contributed by atoms with Crippen molar-refractivity contribution in [1.29, 1.82) is 0 Å². The number of aliphatic imine (C=N–C) groups is 1. The fourth-order valence-electron chi connectivity index (χ4n) is 1.90. The summed E-state index contributed by atoms with van der Waals surface area (Å²) in [6.07, 6.45) is 0.971. The van der Waals surface area contributed by atoms with Gasteiger partial charge in [0, 0.05) is 26.3 Å². The van der Waals surface area contributed by atoms with Crippen LogP contribution in [-0.2, 0) is 11.3 Å². The predicted octanol–water partition coefficient (Wildman–Crippen LogP) is 2.81. The van der Waals surface area contributed by atoms with E-state index in [9.17, 15) is 0 Å². The molecule has 0 unspecified atom stereocenters. The Bertz CT molecular complexity index is 444. The van der Waals surface area contributed by atoms with Gasteiger partial charge in [0.1, 0.15) is 5.75 Å². The van der Waals surface area contributed by atoms with Crippen molar-refractivity contribution >= 4 is 5.96 Å². The molecular formula is C18H31N3O2. The molecule has 0 bridgehead atoms. The summed E-state index contributed by atoms with van der Waals surface area (Å²) < 4.78 is 10.5. The summed E-state index contributed by atoms with van der Waals surface area (Å²) in [7, 11) is 1.67. The van der Waals surface area contributed by atoms with Crippen molar-refractivity contribution in [3.8, 4) is 5.75 Å². The molecule has 0 aliphatic heterocycles. The number of nitrogens with zero attached hydrogens (tertiary/aromatic N) is 1. The number of ether oxygens (including phenoxy) is 2. The monoisotopic (exact) mass is 321 g/mol. The molecule has 0 aliphatic rings. The third-order valence-electron chi connectivity index (χ3n) is 3.22. The Labute approximate surface area is 140 Å². The highest BCUT2D eigenvalue weighted by atomic mass is 16.5. The lowest BCUT2D eigenvalue weighted by atomic mass is 10.2. The number of guanidine groups is 1. The number of methoxy groups -OCH3 is 1. The van der Waals surface area contributed by atoms with Crippen molar-refractivity contribution in [3.63, 3.8) is 0 Å². The van der Waals surface area contributed by atoms with E-state index in [1.807, 2.05) is 31.2 Å². The number of hydrogen-bond donors (Lipinski definition) is 2. The molecule has 2 N–H and O–H groups in total. The SMILES string of the molecule is CCOCCCNC(=NCc1ccc(OC)cc1)NCC(C)C. The Kier molecular flexibility index (Phi) is 9.87. The van der Waals surface area contributed by atoms with Gasteiger partial charge in [-0.05, 0) is 37.0 Å². The Morgan fingerprint density at radius 2 is 1.91 bits per heavy atom. The van der Waals surface area contributed by atoms with Crippen molar-refractivity contribution < 1.29 is 9.47 Å². The number of nitrogens with one attached hydrogen (secondary N) is 2. The van der Waals surface area contributed by atoms with E-state index < -0.39 is 0 Å². The topological polar surface area (TPSA) is 54.9 Å². The molecule has 5 nitrogen and oxygen atoms in total. The minimum Gasteiger partial charge on any atom is -0.497 e.